The van der Waals surface area contributed by atoms with Crippen LogP contribution in [0.1, 0.15) is 0 Å². The van der Waals surface area contributed by atoms with Crippen LogP contribution in [0.4, 0.5) is 0 Å². The minimum absolute atomic E-state index is 0.423. The molecule has 0 saturated carbocycles. The fraction of sp³-hybridized carbons (Fsp3) is 0.182. The minimum atomic E-state index is 0.423. The third kappa shape index (κ3) is 6.40. The molecule has 4 heteroatoms. The van der Waals surface area contributed by atoms with E-state index in [4.69, 9.17) is 18.9 Å². The summed E-state index contributed by atoms with van der Waals surface area (Å²) in [6.45, 7) is 9.02. The standard InChI is InChI=1S/C22H24O4/c1-3-15-23-19-11-5-7-13-21(19)25-17-9-10-18-26-22-14-8-6-12-20(22)24-16-4-2/h3-14H,1-2,15-18H2. The van der Waals surface area contributed by atoms with Gasteiger partial charge in [-0.15, -0.1) is 0 Å². The maximum atomic E-state index is 5.73. The summed E-state index contributed by atoms with van der Waals surface area (Å²) in [6, 6.07) is 15.1. The predicted molar refractivity (Wildman–Crippen MR) is 104 cm³/mol. The van der Waals surface area contributed by atoms with Crippen LogP contribution in [0.15, 0.2) is 86.0 Å². The fourth-order valence-corrected chi connectivity index (χ4v) is 2.09. The van der Waals surface area contributed by atoms with Crippen LogP contribution in [0.3, 0.4) is 0 Å². The van der Waals surface area contributed by atoms with Crippen LogP contribution in [0.2, 0.25) is 0 Å². The predicted octanol–water partition coefficient (Wildman–Crippen LogP) is 4.83. The molecule has 0 unspecified atom stereocenters. The van der Waals surface area contributed by atoms with Crippen molar-refractivity contribution in [2.45, 2.75) is 0 Å². The molecule has 0 spiro atoms. The zero-order valence-corrected chi connectivity index (χ0v) is 14.8. The van der Waals surface area contributed by atoms with Gasteiger partial charge in [0.05, 0.1) is 0 Å². The van der Waals surface area contributed by atoms with Crippen molar-refractivity contribution >= 4 is 0 Å². The van der Waals surface area contributed by atoms with Gasteiger partial charge in [0.25, 0.3) is 0 Å². The molecule has 0 atom stereocenters. The second kappa shape index (κ2) is 11.4. The molecule has 0 aliphatic carbocycles. The number of hydrogen-bond acceptors (Lipinski definition) is 4. The van der Waals surface area contributed by atoms with E-state index in [9.17, 15) is 0 Å². The third-order valence-corrected chi connectivity index (χ3v) is 3.25. The summed E-state index contributed by atoms with van der Waals surface area (Å²) < 4.78 is 22.6. The van der Waals surface area contributed by atoms with E-state index in [1.807, 2.05) is 60.7 Å². The van der Waals surface area contributed by atoms with Crippen LogP contribution >= 0.6 is 0 Å². The van der Waals surface area contributed by atoms with E-state index in [0.29, 0.717) is 49.4 Å². The van der Waals surface area contributed by atoms with Gasteiger partial charge in [-0.3, -0.25) is 0 Å². The van der Waals surface area contributed by atoms with Gasteiger partial charge in [-0.05, 0) is 36.4 Å². The van der Waals surface area contributed by atoms with Gasteiger partial charge in [0.2, 0.25) is 0 Å². The molecule has 26 heavy (non-hydrogen) atoms. The van der Waals surface area contributed by atoms with Crippen molar-refractivity contribution < 1.29 is 18.9 Å². The van der Waals surface area contributed by atoms with Crippen molar-refractivity contribution in [1.82, 2.24) is 0 Å². The molecule has 0 bridgehead atoms. The Hall–Kier alpha value is -3.14. The van der Waals surface area contributed by atoms with Gasteiger partial charge in [0.15, 0.2) is 23.0 Å². The average Bonchev–Trinajstić information content (AvgIpc) is 2.69. The third-order valence-electron chi connectivity index (χ3n) is 3.25. The molecule has 0 heterocycles. The smallest absolute Gasteiger partial charge is 0.161 e. The summed E-state index contributed by atoms with van der Waals surface area (Å²) in [6.07, 6.45) is 7.20. The van der Waals surface area contributed by atoms with Crippen molar-refractivity contribution in [3.63, 3.8) is 0 Å². The lowest BCUT2D eigenvalue weighted by Crippen LogP contribution is -2.01. The van der Waals surface area contributed by atoms with Crippen LogP contribution < -0.4 is 18.9 Å². The molecular formula is C22H24O4. The molecule has 0 aliphatic heterocycles. The second-order valence-electron chi connectivity index (χ2n) is 5.19. The van der Waals surface area contributed by atoms with Crippen LogP contribution in [-0.2, 0) is 0 Å². The lowest BCUT2D eigenvalue weighted by atomic mass is 10.3. The van der Waals surface area contributed by atoms with Crippen LogP contribution in [0.5, 0.6) is 23.0 Å². The highest BCUT2D eigenvalue weighted by molar-refractivity contribution is 5.40. The van der Waals surface area contributed by atoms with Gasteiger partial charge in [-0.2, -0.15) is 0 Å². The Labute approximate surface area is 155 Å². The number of hydrogen-bond donors (Lipinski definition) is 0. The zero-order chi connectivity index (χ0) is 18.5. The molecule has 0 fully saturated rings. The van der Waals surface area contributed by atoms with Gasteiger partial charge in [-0.1, -0.05) is 49.6 Å². The molecule has 0 aromatic heterocycles. The summed E-state index contributed by atoms with van der Waals surface area (Å²) >= 11 is 0. The first kappa shape index (κ1) is 19.2. The zero-order valence-electron chi connectivity index (χ0n) is 14.8. The minimum Gasteiger partial charge on any atom is -0.486 e. The highest BCUT2D eigenvalue weighted by atomic mass is 16.5. The Bertz CT molecular complexity index is 660. The van der Waals surface area contributed by atoms with E-state index in [-0.39, 0.29) is 0 Å². The molecule has 4 nitrogen and oxygen atoms in total. The number of benzene rings is 2. The van der Waals surface area contributed by atoms with Gasteiger partial charge in [0.1, 0.15) is 26.4 Å². The molecule has 2 rings (SSSR count). The highest BCUT2D eigenvalue weighted by Crippen LogP contribution is 2.27. The summed E-state index contributed by atoms with van der Waals surface area (Å²) in [5, 5.41) is 0. The SMILES string of the molecule is C=CCOc1ccccc1OCC=CCOc1ccccc1OCC=C. The van der Waals surface area contributed by atoms with Gasteiger partial charge in [-0.25, -0.2) is 0 Å². The monoisotopic (exact) mass is 352 g/mol. The molecule has 0 N–H and O–H groups in total. The van der Waals surface area contributed by atoms with E-state index < -0.39 is 0 Å². The van der Waals surface area contributed by atoms with E-state index in [2.05, 4.69) is 13.2 Å². The Kier molecular flexibility index (Phi) is 8.43. The Morgan fingerprint density at radius 3 is 1.15 bits per heavy atom. The summed E-state index contributed by atoms with van der Waals surface area (Å²) in [5.74, 6) is 2.79. The average molecular weight is 352 g/mol. The lowest BCUT2D eigenvalue weighted by molar-refractivity contribution is 0.302. The largest absolute Gasteiger partial charge is 0.486 e. The topological polar surface area (TPSA) is 36.9 Å². The molecule has 2 aromatic rings. The van der Waals surface area contributed by atoms with Crippen molar-refractivity contribution in [2.24, 2.45) is 0 Å². The Morgan fingerprint density at radius 2 is 0.846 bits per heavy atom. The Balaban J connectivity index is 1.79. The Morgan fingerprint density at radius 1 is 0.538 bits per heavy atom. The maximum Gasteiger partial charge on any atom is 0.161 e. The fourth-order valence-electron chi connectivity index (χ4n) is 2.09. The number of ether oxygens (including phenoxy) is 4. The number of para-hydroxylation sites is 4. The molecular weight excluding hydrogens is 328 g/mol. The van der Waals surface area contributed by atoms with E-state index in [1.54, 1.807) is 12.2 Å². The van der Waals surface area contributed by atoms with E-state index >= 15 is 0 Å². The maximum absolute atomic E-state index is 5.73. The van der Waals surface area contributed by atoms with Crippen LogP contribution in [0.25, 0.3) is 0 Å². The summed E-state index contributed by atoms with van der Waals surface area (Å²) in [7, 11) is 0. The number of rotatable bonds is 12. The van der Waals surface area contributed by atoms with Gasteiger partial charge < -0.3 is 18.9 Å². The van der Waals surface area contributed by atoms with Crippen molar-refractivity contribution in [1.29, 1.82) is 0 Å². The molecule has 0 aliphatic rings. The van der Waals surface area contributed by atoms with Gasteiger partial charge in [0, 0.05) is 0 Å². The van der Waals surface area contributed by atoms with Crippen molar-refractivity contribution in [2.75, 3.05) is 26.4 Å². The second-order valence-corrected chi connectivity index (χ2v) is 5.19. The first-order chi connectivity index (χ1) is 12.8. The molecule has 2 aromatic carbocycles. The first-order valence-electron chi connectivity index (χ1n) is 8.41. The van der Waals surface area contributed by atoms with Gasteiger partial charge >= 0.3 is 0 Å². The quantitative estimate of drug-likeness (QED) is 0.513. The van der Waals surface area contributed by atoms with Crippen LogP contribution in [-0.4, -0.2) is 26.4 Å². The van der Waals surface area contributed by atoms with Crippen LogP contribution in [0, 0.1) is 0 Å². The molecule has 0 amide bonds. The molecule has 0 saturated heterocycles. The molecule has 0 radical (unpaired) electrons. The molecule has 136 valence electrons. The summed E-state index contributed by atoms with van der Waals surface area (Å²) in [4.78, 5) is 0. The van der Waals surface area contributed by atoms with E-state index in [0.717, 1.165) is 0 Å². The summed E-state index contributed by atoms with van der Waals surface area (Å²) in [5.41, 5.74) is 0. The highest BCUT2D eigenvalue weighted by Gasteiger charge is 2.03. The normalized spacial score (nSPS) is 10.3. The van der Waals surface area contributed by atoms with Crippen molar-refractivity contribution in [3.8, 4) is 23.0 Å². The van der Waals surface area contributed by atoms with Crippen molar-refractivity contribution in [3.05, 3.63) is 86.0 Å². The lowest BCUT2D eigenvalue weighted by Gasteiger charge is -2.11. The first-order valence-corrected chi connectivity index (χ1v) is 8.41. The van der Waals surface area contributed by atoms with E-state index in [1.165, 1.54) is 0 Å².